The average Bonchev–Trinajstić information content (AvgIpc) is 4.06. The molecule has 0 spiro atoms. The summed E-state index contributed by atoms with van der Waals surface area (Å²) < 4.78 is -0.160. The van der Waals surface area contributed by atoms with E-state index in [1.54, 1.807) is 0 Å². The summed E-state index contributed by atoms with van der Waals surface area (Å²) in [6.07, 6.45) is -0.285. The van der Waals surface area contributed by atoms with E-state index in [-0.39, 0.29) is 7.43 Å². The highest BCUT2D eigenvalue weighted by Crippen LogP contribution is 2.43. The maximum Gasteiger partial charge on any atom is 0.292 e. The van der Waals surface area contributed by atoms with Crippen molar-refractivity contribution in [2.45, 2.75) is 44.3 Å². The lowest BCUT2D eigenvalue weighted by Crippen LogP contribution is -3.09. The van der Waals surface area contributed by atoms with Crippen LogP contribution < -0.4 is 32.2 Å². The van der Waals surface area contributed by atoms with Gasteiger partial charge in [-0.05, 0) is 6.92 Å². The molecule has 1 N–H and O–H groups in total. The number of quaternary nitrogens is 2. The first-order valence-corrected chi connectivity index (χ1v) is 28.6. The number of benzene rings is 10. The Morgan fingerprint density at radius 3 is 1.05 bits per heavy atom. The second kappa shape index (κ2) is 28.5. The van der Waals surface area contributed by atoms with Crippen molar-refractivity contribution in [2.75, 3.05) is 13.1 Å². The quantitative estimate of drug-likeness (QED) is 0.0593. The van der Waals surface area contributed by atoms with Crippen LogP contribution in [0.5, 0.6) is 0 Å². The molecule has 1 aliphatic heterocycles. The smallest absolute Gasteiger partial charge is 0.292 e. The molecule has 0 radical (unpaired) electrons. The summed E-state index contributed by atoms with van der Waals surface area (Å²) in [6, 6.07) is 110. The van der Waals surface area contributed by atoms with Gasteiger partial charge in [-0.2, -0.15) is 16.4 Å². The van der Waals surface area contributed by atoms with E-state index in [0.717, 1.165) is 43.7 Å². The van der Waals surface area contributed by atoms with Crippen LogP contribution in [-0.2, 0) is 26.2 Å². The van der Waals surface area contributed by atoms with Gasteiger partial charge in [0.1, 0.15) is 25.8 Å². The Bertz CT molecular complexity index is 3250. The van der Waals surface area contributed by atoms with E-state index in [1.807, 2.05) is 0 Å². The highest BCUT2D eigenvalue weighted by atomic mass is 35.6. The summed E-state index contributed by atoms with van der Waals surface area (Å²) in [5.74, 6) is 7.58. The monoisotopic (exact) mass is 1100 g/mol. The molecule has 0 atom stereocenters. The van der Waals surface area contributed by atoms with E-state index in [1.165, 1.54) is 72.4 Å². The van der Waals surface area contributed by atoms with Gasteiger partial charge in [0.15, 0.2) is 3.79 Å². The van der Waals surface area contributed by atoms with Crippen molar-refractivity contribution >= 4 is 80.0 Å². The van der Waals surface area contributed by atoms with E-state index in [2.05, 4.69) is 321 Å². The Morgan fingerprint density at radius 2 is 0.713 bits per heavy atom. The zero-order chi connectivity index (χ0) is 54.6. The van der Waals surface area contributed by atoms with Gasteiger partial charge in [0.25, 0.3) is 6.28 Å². The number of nitrogens with one attached hydrogen (secondary N) is 1. The van der Waals surface area contributed by atoms with Crippen molar-refractivity contribution in [1.82, 2.24) is 0 Å². The number of hydrogen-bond acceptors (Lipinski definition) is 0. The molecule has 0 saturated carbocycles. The van der Waals surface area contributed by atoms with Gasteiger partial charge in [0, 0.05) is 22.3 Å². The minimum Gasteiger partial charge on any atom is -0.493 e. The topological polar surface area (TPSA) is 4.44 Å². The number of alkyl halides is 3. The zero-order valence-corrected chi connectivity index (χ0v) is 47.2. The molecule has 1 aliphatic rings. The van der Waals surface area contributed by atoms with Crippen LogP contribution in [0.15, 0.2) is 309 Å². The molecule has 10 aromatic carbocycles. The van der Waals surface area contributed by atoms with Gasteiger partial charge in [-0.25, -0.2) is 0 Å². The summed E-state index contributed by atoms with van der Waals surface area (Å²) >= 11 is 15.2. The Labute approximate surface area is 492 Å². The zero-order valence-electron chi connectivity index (χ0n) is 44.9. The number of nitrogens with zero attached hydrogens (tertiary/aromatic N) is 1. The first-order chi connectivity index (χ1) is 38.7. The molecule has 0 fully saturated rings. The standard InChI is InChI=1S/C35H32BN.C35H31BN.C2H3Cl3.CH4/c1-6-16-30(17-7-1)28-37(29-31-18-8-2-9-19-31)27-26-35(32-20-10-3-11-21-32)36(37,33-22-12-4-13-23-33)34-24-14-5-15-25-34;1-6-17-31(18-7-1)29-37(30-32-19-8-2-9-20-32)28-16-27-36(33-21-10-3-11-22-33,34-23-12-4-13-24-34)35-25-14-5-15-26-35;1-2(3,4)5;/h1-26H,27-29H2;1-15,17-26H,28-30H2;1H3;1H4/q;-1;;/p+1. The van der Waals surface area contributed by atoms with Gasteiger partial charge in [-0.1, -0.05) is 363 Å². The summed E-state index contributed by atoms with van der Waals surface area (Å²) in [7, 11) is 0. The molecule has 0 unspecified atom stereocenters. The van der Waals surface area contributed by atoms with Crippen molar-refractivity contribution in [2.24, 2.45) is 0 Å². The molecule has 10 aromatic rings. The molecule has 0 aliphatic carbocycles. The highest BCUT2D eigenvalue weighted by molar-refractivity contribution is 7.16. The molecule has 80 heavy (non-hydrogen) atoms. The predicted octanol–water partition coefficient (Wildman–Crippen LogP) is 13.6. The van der Waals surface area contributed by atoms with Gasteiger partial charge in [-0.15, -0.1) is 16.4 Å². The van der Waals surface area contributed by atoms with Crippen LogP contribution in [0.1, 0.15) is 42.2 Å². The third-order valence-electron chi connectivity index (χ3n) is 15.4. The lowest BCUT2D eigenvalue weighted by molar-refractivity contribution is -0.920. The van der Waals surface area contributed by atoms with E-state index in [0.29, 0.717) is 0 Å². The summed E-state index contributed by atoms with van der Waals surface area (Å²) in [6.45, 7) is 6.99. The second-order valence-corrected chi connectivity index (χ2v) is 23.7. The molecular weight excluding hydrogens is 1030 g/mol. The van der Waals surface area contributed by atoms with Gasteiger partial charge in [0.2, 0.25) is 0 Å². The van der Waals surface area contributed by atoms with Crippen molar-refractivity contribution in [3.05, 3.63) is 337 Å². The molecular formula is C73H71B2Cl3N2. The molecule has 11 rings (SSSR count). The molecule has 400 valence electrons. The Morgan fingerprint density at radius 1 is 0.425 bits per heavy atom. The number of rotatable bonds is 15. The Hall–Kier alpha value is -7.58. The first-order valence-electron chi connectivity index (χ1n) is 27.4. The van der Waals surface area contributed by atoms with Crippen molar-refractivity contribution in [3.63, 3.8) is 0 Å². The summed E-state index contributed by atoms with van der Waals surface area (Å²) in [4.78, 5) is 1.43. The Kier molecular flexibility index (Phi) is 20.9. The van der Waals surface area contributed by atoms with Gasteiger partial charge in [-0.3, -0.25) is 5.82 Å². The van der Waals surface area contributed by atoms with Crippen LogP contribution in [-0.4, -0.2) is 33.7 Å². The largest absolute Gasteiger partial charge is 0.493 e. The van der Waals surface area contributed by atoms with Crippen molar-refractivity contribution < 1.29 is 9.29 Å². The lowest BCUT2D eigenvalue weighted by Gasteiger charge is -2.59. The fourth-order valence-electron chi connectivity index (χ4n) is 12.2. The normalized spacial score (nSPS) is 13.1. The van der Waals surface area contributed by atoms with Crippen molar-refractivity contribution in [1.29, 1.82) is 0 Å². The van der Waals surface area contributed by atoms with Crippen LogP contribution in [0.25, 0.3) is 5.47 Å². The minimum absolute atomic E-state index is 0. The van der Waals surface area contributed by atoms with Crippen LogP contribution in [0.4, 0.5) is 0 Å². The SMILES string of the molecule is C.C(#C[B-](c1ccccc1)(c1ccccc1)c1ccccc1)C[NH+](Cc1ccccc1)Cc1ccccc1.C1=C(c2ccccc2)[B-](c2ccccc2)(c2ccccc2)[N+](Cc2ccccc2)(Cc2ccccc2)C1.CC(Cl)(Cl)Cl. The van der Waals surface area contributed by atoms with Gasteiger partial charge in [0.05, 0.1) is 19.6 Å². The molecule has 7 heteroatoms. The van der Waals surface area contributed by atoms with E-state index < -0.39 is 16.2 Å². The summed E-state index contributed by atoms with van der Waals surface area (Å²) in [5, 5.41) is 0. The first kappa shape index (κ1) is 58.6. The van der Waals surface area contributed by atoms with E-state index in [4.69, 9.17) is 34.8 Å². The predicted molar refractivity (Wildman–Crippen MR) is 348 cm³/mol. The third-order valence-corrected chi connectivity index (χ3v) is 15.4. The average molecular weight is 1100 g/mol. The minimum atomic E-state index is -1.45. The van der Waals surface area contributed by atoms with Gasteiger partial charge < -0.3 is 9.29 Å². The third kappa shape index (κ3) is 14.6. The lowest BCUT2D eigenvalue weighted by atomic mass is 9.16. The maximum absolute atomic E-state index is 5.06. The fourth-order valence-corrected chi connectivity index (χ4v) is 12.2. The molecule has 2 nitrogen and oxygen atoms in total. The van der Waals surface area contributed by atoms with E-state index in [9.17, 15) is 0 Å². The van der Waals surface area contributed by atoms with Crippen LogP contribution in [0, 0.1) is 11.7 Å². The second-order valence-electron chi connectivity index (χ2n) is 20.8. The number of hydrogen-bond donors (Lipinski definition) is 1. The molecule has 0 saturated heterocycles. The molecule has 1 heterocycles. The number of halogens is 3. The van der Waals surface area contributed by atoms with Gasteiger partial charge >= 0.3 is 0 Å². The molecule has 0 amide bonds. The van der Waals surface area contributed by atoms with Crippen LogP contribution in [0.2, 0.25) is 0 Å². The van der Waals surface area contributed by atoms with Crippen molar-refractivity contribution in [3.8, 4) is 11.7 Å². The maximum atomic E-state index is 5.06. The van der Waals surface area contributed by atoms with Crippen LogP contribution in [0.3, 0.4) is 0 Å². The summed E-state index contributed by atoms with van der Waals surface area (Å²) in [5.41, 5.74) is 14.7. The molecule has 0 bridgehead atoms. The van der Waals surface area contributed by atoms with Crippen LogP contribution >= 0.6 is 34.8 Å². The molecule has 0 aromatic heterocycles. The highest BCUT2D eigenvalue weighted by Gasteiger charge is 2.54. The van der Waals surface area contributed by atoms with E-state index >= 15 is 0 Å². The fraction of sp³-hybridized carbons (Fsp3) is 0.123. The Balaban J connectivity index is 0.000000192.